The van der Waals surface area contributed by atoms with E-state index in [0.29, 0.717) is 22.1 Å². The quantitative estimate of drug-likeness (QED) is 0.416. The van der Waals surface area contributed by atoms with Crippen molar-refractivity contribution in [3.8, 4) is 11.4 Å². The van der Waals surface area contributed by atoms with E-state index in [1.165, 1.54) is 27.7 Å². The van der Waals surface area contributed by atoms with Gasteiger partial charge in [0.1, 0.15) is 18.7 Å². The molecule has 9 nitrogen and oxygen atoms in total. The molecule has 0 aliphatic carbocycles. The largest absolute Gasteiger partial charge is 0.337 e. The maximum Gasteiger partial charge on any atom is 0.283 e. The number of benzene rings is 2. The first kappa shape index (κ1) is 19.1. The lowest BCUT2D eigenvalue weighted by atomic mass is 10.2. The van der Waals surface area contributed by atoms with Gasteiger partial charge in [0.2, 0.25) is 11.7 Å². The van der Waals surface area contributed by atoms with Crippen molar-refractivity contribution in [2.24, 2.45) is 0 Å². The second kappa shape index (κ2) is 7.73. The van der Waals surface area contributed by atoms with E-state index in [-0.39, 0.29) is 30.3 Å². The minimum atomic E-state index is -0.401. The Hall–Kier alpha value is -3.92. The van der Waals surface area contributed by atoms with E-state index in [2.05, 4.69) is 25.4 Å². The molecule has 0 fully saturated rings. The van der Waals surface area contributed by atoms with Gasteiger partial charge in [-0.05, 0) is 42.0 Å². The third-order valence-electron chi connectivity index (χ3n) is 4.59. The predicted molar refractivity (Wildman–Crippen MR) is 109 cm³/mol. The smallest absolute Gasteiger partial charge is 0.283 e. The minimum absolute atomic E-state index is 0.0269. The van der Waals surface area contributed by atoms with Crippen molar-refractivity contribution in [2.75, 3.05) is 0 Å². The maximum absolute atomic E-state index is 13.4. The van der Waals surface area contributed by atoms with Crippen LogP contribution in [0.1, 0.15) is 11.5 Å². The van der Waals surface area contributed by atoms with Gasteiger partial charge in [-0.2, -0.15) is 4.98 Å². The fraction of sp³-hybridized carbons (Fsp3) is 0.100. The van der Waals surface area contributed by atoms with Crippen molar-refractivity contribution in [2.45, 2.75) is 13.1 Å². The minimum Gasteiger partial charge on any atom is -0.337 e. The number of fused-ring (bicyclic) bond motifs is 1. The van der Waals surface area contributed by atoms with Gasteiger partial charge >= 0.3 is 0 Å². The highest BCUT2D eigenvalue weighted by atomic mass is 35.5. The van der Waals surface area contributed by atoms with Crippen LogP contribution in [-0.4, -0.2) is 34.7 Å². The molecule has 0 saturated heterocycles. The van der Waals surface area contributed by atoms with Crippen LogP contribution in [0.25, 0.3) is 22.6 Å². The van der Waals surface area contributed by atoms with E-state index in [1.54, 1.807) is 36.4 Å². The number of halogens is 2. The van der Waals surface area contributed by atoms with Gasteiger partial charge in [0.05, 0.1) is 6.54 Å². The Kier molecular flexibility index (Phi) is 4.75. The SMILES string of the molecule is O=c1c2nnn(Cc3cccc(F)c3)c2ncn1Cc1nc(-c2ccc(Cl)cc2)no1. The number of aromatic nitrogens is 7. The molecule has 3 heterocycles. The van der Waals surface area contributed by atoms with E-state index in [1.807, 2.05) is 0 Å². The van der Waals surface area contributed by atoms with Crippen molar-refractivity contribution in [1.82, 2.24) is 34.7 Å². The average molecular weight is 438 g/mol. The lowest BCUT2D eigenvalue weighted by molar-refractivity contribution is 0.369. The molecule has 0 atom stereocenters. The summed E-state index contributed by atoms with van der Waals surface area (Å²) in [4.78, 5) is 21.4. The van der Waals surface area contributed by atoms with Crippen molar-refractivity contribution in [1.29, 1.82) is 0 Å². The van der Waals surface area contributed by atoms with E-state index in [0.717, 1.165) is 5.56 Å². The first-order valence-corrected chi connectivity index (χ1v) is 9.56. The zero-order chi connectivity index (χ0) is 21.4. The molecule has 0 amide bonds. The van der Waals surface area contributed by atoms with Gasteiger partial charge in [0, 0.05) is 10.6 Å². The van der Waals surface area contributed by atoms with Crippen LogP contribution >= 0.6 is 11.6 Å². The summed E-state index contributed by atoms with van der Waals surface area (Å²) in [6, 6.07) is 13.1. The number of hydrogen-bond acceptors (Lipinski definition) is 7. The van der Waals surface area contributed by atoms with Crippen LogP contribution in [-0.2, 0) is 13.1 Å². The summed E-state index contributed by atoms with van der Waals surface area (Å²) in [5, 5.41) is 12.5. The molecule has 0 aliphatic heterocycles. The van der Waals surface area contributed by atoms with Crippen LogP contribution in [0.3, 0.4) is 0 Å². The summed E-state index contributed by atoms with van der Waals surface area (Å²) in [6.45, 7) is 0.262. The Labute approximate surface area is 178 Å². The first-order chi connectivity index (χ1) is 15.1. The summed E-state index contributed by atoms with van der Waals surface area (Å²) < 4.78 is 21.4. The molecule has 0 N–H and O–H groups in total. The number of rotatable bonds is 5. The molecule has 0 spiro atoms. The number of hydrogen-bond donors (Lipinski definition) is 0. The summed E-state index contributed by atoms with van der Waals surface area (Å²) in [7, 11) is 0. The Morgan fingerprint density at radius 1 is 1.10 bits per heavy atom. The van der Waals surface area contributed by atoms with Gasteiger partial charge in [-0.15, -0.1) is 5.10 Å². The lowest BCUT2D eigenvalue weighted by Crippen LogP contribution is -2.21. The van der Waals surface area contributed by atoms with Gasteiger partial charge in [-0.3, -0.25) is 9.36 Å². The Morgan fingerprint density at radius 3 is 2.74 bits per heavy atom. The molecule has 0 aliphatic rings. The highest BCUT2D eigenvalue weighted by Gasteiger charge is 2.15. The van der Waals surface area contributed by atoms with Gasteiger partial charge in [0.15, 0.2) is 11.2 Å². The maximum atomic E-state index is 13.4. The van der Waals surface area contributed by atoms with E-state index in [9.17, 15) is 9.18 Å². The highest BCUT2D eigenvalue weighted by molar-refractivity contribution is 6.30. The van der Waals surface area contributed by atoms with Gasteiger partial charge < -0.3 is 4.52 Å². The molecule has 154 valence electrons. The Balaban J connectivity index is 1.41. The molecule has 0 saturated carbocycles. The molecule has 2 aromatic carbocycles. The van der Waals surface area contributed by atoms with E-state index in [4.69, 9.17) is 16.1 Å². The molecule has 0 unspecified atom stereocenters. The standard InChI is InChI=1S/C20H13ClFN7O2/c21-14-6-4-13(5-7-14)18-24-16(31-26-18)10-28-11-23-19-17(20(28)30)25-27-29(19)9-12-2-1-3-15(22)8-12/h1-8,11H,9-10H2. The van der Waals surface area contributed by atoms with Crippen LogP contribution < -0.4 is 5.56 Å². The van der Waals surface area contributed by atoms with Gasteiger partial charge in [-0.1, -0.05) is 34.1 Å². The second-order valence-electron chi connectivity index (χ2n) is 6.75. The third-order valence-corrected chi connectivity index (χ3v) is 4.84. The lowest BCUT2D eigenvalue weighted by Gasteiger charge is -2.03. The summed E-state index contributed by atoms with van der Waals surface area (Å²) in [5.74, 6) is 0.268. The predicted octanol–water partition coefficient (Wildman–Crippen LogP) is 2.93. The normalized spacial score (nSPS) is 11.3. The van der Waals surface area contributed by atoms with Crippen molar-refractivity contribution >= 4 is 22.8 Å². The zero-order valence-electron chi connectivity index (χ0n) is 15.8. The van der Waals surface area contributed by atoms with Gasteiger partial charge in [-0.25, -0.2) is 14.1 Å². The van der Waals surface area contributed by atoms with Crippen LogP contribution in [0, 0.1) is 5.82 Å². The van der Waals surface area contributed by atoms with Crippen molar-refractivity contribution in [3.05, 3.63) is 87.5 Å². The topological polar surface area (TPSA) is 105 Å². The third kappa shape index (κ3) is 3.80. The molecular weight excluding hydrogens is 425 g/mol. The fourth-order valence-electron chi connectivity index (χ4n) is 3.10. The van der Waals surface area contributed by atoms with Gasteiger partial charge in [0.25, 0.3) is 5.56 Å². The molecule has 5 aromatic rings. The molecule has 0 radical (unpaired) electrons. The number of nitrogens with zero attached hydrogens (tertiary/aromatic N) is 7. The molecule has 0 bridgehead atoms. The summed E-state index contributed by atoms with van der Waals surface area (Å²) in [5.41, 5.74) is 1.41. The zero-order valence-corrected chi connectivity index (χ0v) is 16.6. The summed E-state index contributed by atoms with van der Waals surface area (Å²) >= 11 is 5.89. The molecule has 31 heavy (non-hydrogen) atoms. The Bertz CT molecular complexity index is 1440. The van der Waals surface area contributed by atoms with Crippen molar-refractivity contribution < 1.29 is 8.91 Å². The summed E-state index contributed by atoms with van der Waals surface area (Å²) in [6.07, 6.45) is 1.36. The van der Waals surface area contributed by atoms with Crippen LogP contribution in [0.2, 0.25) is 5.02 Å². The monoisotopic (exact) mass is 437 g/mol. The fourth-order valence-corrected chi connectivity index (χ4v) is 3.22. The molecular formula is C20H13ClFN7O2. The Morgan fingerprint density at radius 2 is 1.94 bits per heavy atom. The first-order valence-electron chi connectivity index (χ1n) is 9.18. The average Bonchev–Trinajstić information content (AvgIpc) is 3.39. The molecule has 11 heteroatoms. The second-order valence-corrected chi connectivity index (χ2v) is 7.18. The molecule has 3 aromatic heterocycles. The van der Waals surface area contributed by atoms with E-state index < -0.39 is 5.56 Å². The van der Waals surface area contributed by atoms with Crippen LogP contribution in [0.4, 0.5) is 4.39 Å². The molecule has 5 rings (SSSR count). The highest BCUT2D eigenvalue weighted by Crippen LogP contribution is 2.19. The van der Waals surface area contributed by atoms with Crippen LogP contribution in [0.5, 0.6) is 0 Å². The van der Waals surface area contributed by atoms with Crippen LogP contribution in [0.15, 0.2) is 64.2 Å². The van der Waals surface area contributed by atoms with Crippen molar-refractivity contribution in [3.63, 3.8) is 0 Å². The van der Waals surface area contributed by atoms with E-state index >= 15 is 0 Å².